The molecule has 2 unspecified atom stereocenters. The first-order valence-electron chi connectivity index (χ1n) is 25.8. The van der Waals surface area contributed by atoms with Gasteiger partial charge in [0, 0.05) is 0 Å². The van der Waals surface area contributed by atoms with Crippen LogP contribution in [-0.4, -0.2) is 0 Å². The van der Waals surface area contributed by atoms with Gasteiger partial charge in [-0.3, -0.25) is 0 Å². The van der Waals surface area contributed by atoms with E-state index >= 15 is 0 Å². The lowest BCUT2D eigenvalue weighted by Gasteiger charge is -2.44. The second kappa shape index (κ2) is 27.7. The molecule has 0 aromatic carbocycles. The molecule has 0 nitrogen and oxygen atoms in total. The van der Waals surface area contributed by atoms with Gasteiger partial charge in [-0.05, 0) is 158 Å². The van der Waals surface area contributed by atoms with Gasteiger partial charge >= 0.3 is 0 Å². The lowest BCUT2D eigenvalue weighted by atomic mass is 9.61. The molecule has 0 radical (unpaired) electrons. The van der Waals surface area contributed by atoms with E-state index in [-0.39, 0.29) is 0 Å². The van der Waals surface area contributed by atoms with E-state index in [1.54, 1.807) is 0 Å². The van der Waals surface area contributed by atoms with Crippen LogP contribution in [0.15, 0.2) is 0 Å². The molecular formula is C55H110. The van der Waals surface area contributed by atoms with Crippen molar-refractivity contribution in [2.75, 3.05) is 0 Å². The quantitative estimate of drug-likeness (QED) is 0.231. The maximum Gasteiger partial charge on any atom is -0.0251 e. The van der Waals surface area contributed by atoms with Crippen LogP contribution in [-0.2, 0) is 0 Å². The third-order valence-corrected chi connectivity index (χ3v) is 17.1. The van der Waals surface area contributed by atoms with Crippen molar-refractivity contribution in [2.45, 2.75) is 265 Å². The van der Waals surface area contributed by atoms with Crippen molar-refractivity contribution < 1.29 is 0 Å². The molecule has 5 rings (SSSR count). The van der Waals surface area contributed by atoms with Crippen LogP contribution >= 0.6 is 0 Å². The zero-order chi connectivity index (χ0) is 41.8. The zero-order valence-electron chi connectivity index (χ0n) is 41.8. The summed E-state index contributed by atoms with van der Waals surface area (Å²) in [5.74, 6) is 12.5. The summed E-state index contributed by atoms with van der Waals surface area (Å²) < 4.78 is 0. The van der Waals surface area contributed by atoms with Crippen LogP contribution < -0.4 is 0 Å². The largest absolute Gasteiger partial charge is 0.0651 e. The average Bonchev–Trinajstić information content (AvgIpc) is 3.16. The van der Waals surface area contributed by atoms with Gasteiger partial charge in [0.2, 0.25) is 0 Å². The molecule has 0 saturated heterocycles. The Morgan fingerprint density at radius 1 is 0.364 bits per heavy atom. The van der Waals surface area contributed by atoms with Crippen molar-refractivity contribution in [3.8, 4) is 0 Å². The first-order chi connectivity index (χ1) is 25.8. The first kappa shape index (κ1) is 53.0. The summed E-state index contributed by atoms with van der Waals surface area (Å²) in [6.45, 7) is 40.5. The van der Waals surface area contributed by atoms with Gasteiger partial charge in [0.25, 0.3) is 0 Å². The molecule has 5 fully saturated rings. The molecule has 5 saturated carbocycles. The van der Waals surface area contributed by atoms with Crippen molar-refractivity contribution in [2.24, 2.45) is 87.8 Å². The van der Waals surface area contributed by atoms with E-state index in [1.165, 1.54) is 148 Å². The van der Waals surface area contributed by atoms with Crippen molar-refractivity contribution in [1.29, 1.82) is 0 Å². The van der Waals surface area contributed by atoms with E-state index in [9.17, 15) is 0 Å². The van der Waals surface area contributed by atoms with Crippen molar-refractivity contribution in [1.82, 2.24) is 0 Å². The van der Waals surface area contributed by atoms with E-state index < -0.39 is 0 Å². The Hall–Kier alpha value is 0. The summed E-state index contributed by atoms with van der Waals surface area (Å²) in [4.78, 5) is 0. The zero-order valence-corrected chi connectivity index (χ0v) is 41.8. The van der Waals surface area contributed by atoms with E-state index in [2.05, 4.69) is 118 Å². The maximum atomic E-state index is 2.41. The van der Waals surface area contributed by atoms with Crippen molar-refractivity contribution in [3.63, 3.8) is 0 Å². The van der Waals surface area contributed by atoms with E-state index in [1.807, 2.05) is 0 Å². The van der Waals surface area contributed by atoms with Gasteiger partial charge in [0.15, 0.2) is 0 Å². The molecule has 0 amide bonds. The number of hydrogen-bond acceptors (Lipinski definition) is 0. The fourth-order valence-electron chi connectivity index (χ4n) is 12.0. The molecule has 5 aliphatic rings. The number of rotatable bonds is 8. The fourth-order valence-corrected chi connectivity index (χ4v) is 12.0. The van der Waals surface area contributed by atoms with E-state index in [0.29, 0.717) is 10.8 Å². The highest BCUT2D eigenvalue weighted by Gasteiger charge is 2.37. The smallest absolute Gasteiger partial charge is 0.0251 e. The van der Waals surface area contributed by atoms with Crippen LogP contribution in [0, 0.1) is 87.8 Å². The van der Waals surface area contributed by atoms with Gasteiger partial charge in [0.1, 0.15) is 0 Å². The molecule has 55 heavy (non-hydrogen) atoms. The van der Waals surface area contributed by atoms with Gasteiger partial charge in [-0.1, -0.05) is 195 Å². The third kappa shape index (κ3) is 20.2. The van der Waals surface area contributed by atoms with Crippen LogP contribution in [0.5, 0.6) is 0 Å². The van der Waals surface area contributed by atoms with Crippen LogP contribution in [0.3, 0.4) is 0 Å². The Bertz CT molecular complexity index is 843. The summed E-state index contributed by atoms with van der Waals surface area (Å²) in [5, 5.41) is 0. The Morgan fingerprint density at radius 3 is 1.02 bits per heavy atom. The number of hydrogen-bond donors (Lipinski definition) is 0. The van der Waals surface area contributed by atoms with Gasteiger partial charge in [-0.15, -0.1) is 0 Å². The topological polar surface area (TPSA) is 0 Å². The average molecular weight is 771 g/mol. The van der Waals surface area contributed by atoms with Gasteiger partial charge in [-0.2, -0.15) is 0 Å². The maximum absolute atomic E-state index is 2.41. The Balaban J connectivity index is 0.000000345. The summed E-state index contributed by atoms with van der Waals surface area (Å²) in [6, 6.07) is 0. The normalized spacial score (nSPS) is 27.5. The second-order valence-corrected chi connectivity index (χ2v) is 23.5. The Labute approximate surface area is 351 Å². The highest BCUT2D eigenvalue weighted by atomic mass is 14.4. The van der Waals surface area contributed by atoms with Crippen molar-refractivity contribution >= 4 is 0 Å². The molecule has 0 heteroatoms. The lowest BCUT2D eigenvalue weighted by Crippen LogP contribution is -2.35. The minimum atomic E-state index is 0.644. The molecule has 0 N–H and O–H groups in total. The molecule has 0 heterocycles. The fraction of sp³-hybridized carbons (Fsp3) is 1.00. The molecule has 0 aromatic heterocycles. The molecule has 2 atom stereocenters. The molecule has 0 spiro atoms. The molecule has 0 bridgehead atoms. The summed E-state index contributed by atoms with van der Waals surface area (Å²) in [6.07, 6.45) is 33.9. The molecule has 5 aliphatic carbocycles. The Morgan fingerprint density at radius 2 is 0.709 bits per heavy atom. The third-order valence-electron chi connectivity index (χ3n) is 17.1. The molecule has 0 aromatic rings. The van der Waals surface area contributed by atoms with Crippen LogP contribution in [0.4, 0.5) is 0 Å². The van der Waals surface area contributed by atoms with Gasteiger partial charge in [-0.25, -0.2) is 0 Å². The minimum absolute atomic E-state index is 0.644. The monoisotopic (exact) mass is 771 g/mol. The predicted octanol–water partition coefficient (Wildman–Crippen LogP) is 19.3. The highest BCUT2D eigenvalue weighted by Crippen LogP contribution is 2.48. The Kier molecular flexibility index (Phi) is 26.7. The highest BCUT2D eigenvalue weighted by molar-refractivity contribution is 4.88. The van der Waals surface area contributed by atoms with Crippen LogP contribution in [0.1, 0.15) is 265 Å². The minimum Gasteiger partial charge on any atom is -0.0651 e. The van der Waals surface area contributed by atoms with Crippen molar-refractivity contribution in [3.05, 3.63) is 0 Å². The molecule has 0 aliphatic heterocycles. The first-order valence-corrected chi connectivity index (χ1v) is 25.8. The van der Waals surface area contributed by atoms with Crippen LogP contribution in [0.2, 0.25) is 0 Å². The SMILES string of the molecule is CC(C)C1(C(C)C)CCCCC1.CC(C)C1CCC(C(C)C)CC1.CC(C)C1CCC(C)(C)CC1.CC(C)C1CCCCC1.CCC1CCCCC1C(C)C. The van der Waals surface area contributed by atoms with E-state index in [0.717, 1.165) is 76.9 Å². The lowest BCUT2D eigenvalue weighted by molar-refractivity contribution is 0.0587. The van der Waals surface area contributed by atoms with Gasteiger partial charge in [0.05, 0.1) is 0 Å². The molecular weight excluding hydrogens is 661 g/mol. The molecule has 330 valence electrons. The van der Waals surface area contributed by atoms with Crippen LogP contribution in [0.25, 0.3) is 0 Å². The summed E-state index contributed by atoms with van der Waals surface area (Å²) in [7, 11) is 0. The second-order valence-electron chi connectivity index (χ2n) is 23.5. The van der Waals surface area contributed by atoms with Gasteiger partial charge < -0.3 is 0 Å². The predicted molar refractivity (Wildman–Crippen MR) is 253 cm³/mol. The van der Waals surface area contributed by atoms with E-state index in [4.69, 9.17) is 0 Å². The standard InChI is InChI=1S/2C12H24.2C11H22.C9H18/c1-9(2)11-5-7-12(8-6-11)10(3)4;1-10(2)12(11(3)4)8-6-5-7-9-12;1-9(2)10-5-7-11(3,4)8-6-10;1-4-10-7-5-6-8-11(10)9(2)3;1-8(2)9-6-4-3-5-7-9/h9-12H,5-8H2,1-4H3;10-11H,5-9H2,1-4H3;9-10H,5-8H2,1-4H3;9-11H,4-8H2,1-3H3;8-9H,3-7H2,1-2H3. The summed E-state index contributed by atoms with van der Waals surface area (Å²) >= 11 is 0. The summed E-state index contributed by atoms with van der Waals surface area (Å²) in [5.41, 5.74) is 1.32.